The van der Waals surface area contributed by atoms with Crippen molar-refractivity contribution in [3.63, 3.8) is 0 Å². The van der Waals surface area contributed by atoms with Crippen molar-refractivity contribution >= 4 is 17.5 Å². The topological polar surface area (TPSA) is 71.3 Å². The summed E-state index contributed by atoms with van der Waals surface area (Å²) >= 11 is 0. The summed E-state index contributed by atoms with van der Waals surface area (Å²) in [4.78, 5) is 23.0. The summed E-state index contributed by atoms with van der Waals surface area (Å²) in [6, 6.07) is 5.94. The van der Waals surface area contributed by atoms with Gasteiger partial charge in [0, 0.05) is 11.8 Å². The third-order valence-corrected chi connectivity index (χ3v) is 2.36. The lowest BCUT2D eigenvalue weighted by atomic mass is 10.3. The minimum Gasteiger partial charge on any atom is -0.459 e. The van der Waals surface area contributed by atoms with E-state index >= 15 is 0 Å². The van der Waals surface area contributed by atoms with Crippen LogP contribution in [0.15, 0.2) is 41.0 Å². The number of nitrogens with one attached hydrogen (secondary N) is 2. The minimum atomic E-state index is -1.07. The maximum Gasteiger partial charge on any atom is 0.287 e. The fourth-order valence-corrected chi connectivity index (χ4v) is 1.43. The Bertz CT molecular complexity index is 627. The molecular formula is C13H10F2N2O3. The van der Waals surface area contributed by atoms with E-state index in [2.05, 4.69) is 10.6 Å². The molecule has 2 amide bonds. The fourth-order valence-electron chi connectivity index (χ4n) is 1.43. The zero-order valence-electron chi connectivity index (χ0n) is 10.2. The van der Waals surface area contributed by atoms with E-state index in [1.54, 1.807) is 0 Å². The highest BCUT2D eigenvalue weighted by Gasteiger charge is 2.11. The molecule has 104 valence electrons. The third kappa shape index (κ3) is 3.41. The van der Waals surface area contributed by atoms with Gasteiger partial charge in [-0.3, -0.25) is 9.59 Å². The molecule has 0 aliphatic carbocycles. The van der Waals surface area contributed by atoms with Gasteiger partial charge in [0.1, 0.15) is 0 Å². The van der Waals surface area contributed by atoms with Crippen molar-refractivity contribution in [2.45, 2.75) is 0 Å². The maximum absolute atomic E-state index is 12.9. The van der Waals surface area contributed by atoms with Crippen LogP contribution < -0.4 is 10.6 Å². The standard InChI is InChI=1S/C13H10F2N2O3/c14-9-4-3-8(6-10(9)15)17-12(18)7-16-13(19)11-2-1-5-20-11/h1-6H,7H2,(H,16,19)(H,17,18). The van der Waals surface area contributed by atoms with Gasteiger partial charge in [-0.25, -0.2) is 8.78 Å². The number of hydrogen-bond donors (Lipinski definition) is 2. The van der Waals surface area contributed by atoms with E-state index in [0.29, 0.717) is 0 Å². The molecule has 1 aromatic heterocycles. The van der Waals surface area contributed by atoms with Gasteiger partial charge in [0.15, 0.2) is 17.4 Å². The Morgan fingerprint density at radius 2 is 1.95 bits per heavy atom. The normalized spacial score (nSPS) is 10.1. The van der Waals surface area contributed by atoms with E-state index in [1.807, 2.05) is 0 Å². The molecule has 2 aromatic rings. The van der Waals surface area contributed by atoms with Gasteiger partial charge >= 0.3 is 0 Å². The number of carbonyl (C=O) groups excluding carboxylic acids is 2. The van der Waals surface area contributed by atoms with Gasteiger partial charge in [-0.1, -0.05) is 0 Å². The number of rotatable bonds is 4. The van der Waals surface area contributed by atoms with Gasteiger partial charge in [-0.15, -0.1) is 0 Å². The molecule has 0 fully saturated rings. The summed E-state index contributed by atoms with van der Waals surface area (Å²) in [6.07, 6.45) is 1.33. The first-order valence-corrected chi connectivity index (χ1v) is 5.63. The average molecular weight is 280 g/mol. The fraction of sp³-hybridized carbons (Fsp3) is 0.0769. The van der Waals surface area contributed by atoms with E-state index in [4.69, 9.17) is 4.42 Å². The molecule has 0 saturated carbocycles. The number of furan rings is 1. The second kappa shape index (κ2) is 5.96. The van der Waals surface area contributed by atoms with Crippen molar-refractivity contribution < 1.29 is 22.8 Å². The first-order chi connectivity index (χ1) is 9.56. The molecule has 1 aromatic carbocycles. The summed E-state index contributed by atoms with van der Waals surface area (Å²) in [5.41, 5.74) is 0.0983. The van der Waals surface area contributed by atoms with Gasteiger partial charge in [-0.2, -0.15) is 0 Å². The molecule has 2 N–H and O–H groups in total. The van der Waals surface area contributed by atoms with Gasteiger partial charge < -0.3 is 15.1 Å². The smallest absolute Gasteiger partial charge is 0.287 e. The molecule has 0 spiro atoms. The van der Waals surface area contributed by atoms with Crippen molar-refractivity contribution in [3.05, 3.63) is 54.0 Å². The van der Waals surface area contributed by atoms with Gasteiger partial charge in [0.2, 0.25) is 5.91 Å². The van der Waals surface area contributed by atoms with E-state index in [-0.39, 0.29) is 18.0 Å². The summed E-state index contributed by atoms with van der Waals surface area (Å²) in [6.45, 7) is -0.321. The van der Waals surface area contributed by atoms with Crippen LogP contribution in [-0.2, 0) is 4.79 Å². The number of carbonyl (C=O) groups is 2. The van der Waals surface area contributed by atoms with Crippen LogP contribution in [0, 0.1) is 11.6 Å². The lowest BCUT2D eigenvalue weighted by Gasteiger charge is -2.06. The van der Waals surface area contributed by atoms with Gasteiger partial charge in [0.25, 0.3) is 5.91 Å². The molecule has 20 heavy (non-hydrogen) atoms. The second-order valence-electron chi connectivity index (χ2n) is 3.84. The number of amides is 2. The summed E-state index contributed by atoms with van der Waals surface area (Å²) in [5, 5.41) is 4.64. The number of hydrogen-bond acceptors (Lipinski definition) is 3. The summed E-state index contributed by atoms with van der Waals surface area (Å²) in [7, 11) is 0. The van der Waals surface area contributed by atoms with Crippen LogP contribution in [0.1, 0.15) is 10.6 Å². The Morgan fingerprint density at radius 3 is 2.60 bits per heavy atom. The highest BCUT2D eigenvalue weighted by Crippen LogP contribution is 2.12. The van der Waals surface area contributed by atoms with Crippen molar-refractivity contribution in [1.29, 1.82) is 0 Å². The highest BCUT2D eigenvalue weighted by molar-refractivity contribution is 5.97. The van der Waals surface area contributed by atoms with Crippen molar-refractivity contribution in [3.8, 4) is 0 Å². The Hall–Kier alpha value is -2.70. The molecule has 0 atom stereocenters. The van der Waals surface area contributed by atoms with E-state index in [0.717, 1.165) is 12.1 Å². The van der Waals surface area contributed by atoms with Crippen LogP contribution in [-0.4, -0.2) is 18.4 Å². The molecular weight excluding hydrogens is 270 g/mol. The maximum atomic E-state index is 12.9. The molecule has 7 heteroatoms. The Labute approximate surface area is 112 Å². The predicted octanol–water partition coefficient (Wildman–Crippen LogP) is 1.93. The second-order valence-corrected chi connectivity index (χ2v) is 3.84. The first kappa shape index (κ1) is 13.7. The van der Waals surface area contributed by atoms with Crippen LogP contribution in [0.5, 0.6) is 0 Å². The van der Waals surface area contributed by atoms with Crippen LogP contribution in [0.2, 0.25) is 0 Å². The largest absolute Gasteiger partial charge is 0.459 e. The van der Waals surface area contributed by atoms with E-state index < -0.39 is 23.4 Å². The molecule has 2 rings (SSSR count). The average Bonchev–Trinajstić information content (AvgIpc) is 2.94. The monoisotopic (exact) mass is 280 g/mol. The molecule has 0 unspecified atom stereocenters. The van der Waals surface area contributed by atoms with Crippen molar-refractivity contribution in [1.82, 2.24) is 5.32 Å². The Morgan fingerprint density at radius 1 is 1.15 bits per heavy atom. The summed E-state index contributed by atoms with van der Waals surface area (Å²) in [5.74, 6) is -3.12. The van der Waals surface area contributed by atoms with Crippen LogP contribution in [0.4, 0.5) is 14.5 Å². The molecule has 0 aliphatic heterocycles. The van der Waals surface area contributed by atoms with Crippen molar-refractivity contribution in [2.75, 3.05) is 11.9 Å². The van der Waals surface area contributed by atoms with E-state index in [9.17, 15) is 18.4 Å². The number of halogens is 2. The third-order valence-electron chi connectivity index (χ3n) is 2.36. The quantitative estimate of drug-likeness (QED) is 0.898. The first-order valence-electron chi connectivity index (χ1n) is 5.63. The molecule has 0 saturated heterocycles. The molecule has 1 heterocycles. The van der Waals surface area contributed by atoms with Gasteiger partial charge in [0.05, 0.1) is 12.8 Å². The van der Waals surface area contributed by atoms with Crippen LogP contribution >= 0.6 is 0 Å². The Kier molecular flexibility index (Phi) is 4.09. The van der Waals surface area contributed by atoms with E-state index in [1.165, 1.54) is 24.5 Å². The highest BCUT2D eigenvalue weighted by atomic mass is 19.2. The zero-order valence-corrected chi connectivity index (χ0v) is 10.2. The summed E-state index contributed by atoms with van der Waals surface area (Å²) < 4.78 is 30.5. The SMILES string of the molecule is O=C(CNC(=O)c1ccco1)Nc1ccc(F)c(F)c1. The molecule has 0 bridgehead atoms. The molecule has 5 nitrogen and oxygen atoms in total. The van der Waals surface area contributed by atoms with Crippen LogP contribution in [0.3, 0.4) is 0 Å². The predicted molar refractivity (Wildman–Crippen MR) is 66.0 cm³/mol. The Balaban J connectivity index is 1.86. The molecule has 0 radical (unpaired) electrons. The number of benzene rings is 1. The van der Waals surface area contributed by atoms with Crippen molar-refractivity contribution in [2.24, 2.45) is 0 Å². The molecule has 0 aliphatic rings. The lowest BCUT2D eigenvalue weighted by Crippen LogP contribution is -2.32. The lowest BCUT2D eigenvalue weighted by molar-refractivity contribution is -0.115. The number of anilines is 1. The minimum absolute atomic E-state index is 0.0747. The van der Waals surface area contributed by atoms with Crippen LogP contribution in [0.25, 0.3) is 0 Å². The van der Waals surface area contributed by atoms with Gasteiger partial charge in [-0.05, 0) is 24.3 Å². The zero-order chi connectivity index (χ0) is 14.5.